The highest BCUT2D eigenvalue weighted by atomic mass is 19.2. The Kier molecular flexibility index (Phi) is 7.13. The molecule has 2 aromatic rings. The second kappa shape index (κ2) is 8.60. The molecule has 23 heavy (non-hydrogen) atoms. The molecule has 2 rings (SSSR count). The quantitative estimate of drug-likeness (QED) is 0.560. The minimum absolute atomic E-state index is 0.0440. The zero-order valence-corrected chi connectivity index (χ0v) is 13.6. The Bertz CT molecular complexity index is 624. The van der Waals surface area contributed by atoms with Crippen LogP contribution in [0.1, 0.15) is 57.1 Å². The van der Waals surface area contributed by atoms with E-state index < -0.39 is 23.4 Å². The van der Waals surface area contributed by atoms with Crippen LogP contribution in [0.4, 0.5) is 17.6 Å². The average molecular weight is 328 g/mol. The molecular weight excluding hydrogens is 308 g/mol. The molecule has 0 N–H and O–H groups in total. The third-order valence-electron chi connectivity index (χ3n) is 3.49. The van der Waals surface area contributed by atoms with Crippen molar-refractivity contribution in [2.24, 2.45) is 0 Å². The summed E-state index contributed by atoms with van der Waals surface area (Å²) >= 11 is 0. The van der Waals surface area contributed by atoms with Crippen molar-refractivity contribution < 1.29 is 17.6 Å². The molecule has 6 heteroatoms. The summed E-state index contributed by atoms with van der Waals surface area (Å²) in [6, 6.07) is 1.52. The van der Waals surface area contributed by atoms with Gasteiger partial charge in [0.15, 0.2) is 5.82 Å². The fraction of sp³-hybridized carbons (Fsp3) is 0.412. The fourth-order valence-electron chi connectivity index (χ4n) is 2.01. The lowest BCUT2D eigenvalue weighted by atomic mass is 9.99. The number of rotatable bonds is 3. The topological polar surface area (TPSA) is 25.8 Å². The Morgan fingerprint density at radius 1 is 1.00 bits per heavy atom. The number of hydrogen-bond acceptors (Lipinski definition) is 2. The molecule has 0 fully saturated rings. The van der Waals surface area contributed by atoms with E-state index in [0.29, 0.717) is 5.56 Å². The van der Waals surface area contributed by atoms with Gasteiger partial charge in [0.2, 0.25) is 5.95 Å². The van der Waals surface area contributed by atoms with Gasteiger partial charge in [-0.05, 0) is 29.9 Å². The standard InChI is InChI=1S/C9H11F2N.C8H9F2N/c1-3-6(2)7-4-5-12-9(11)8(7)10;1-5(2)8-6(9)3-11-4-7(8)10/h4-6H,3H2,1-2H3;3-5H,1-2H3. The maximum Gasteiger partial charge on any atom is 0.249 e. The lowest BCUT2D eigenvalue weighted by molar-refractivity contribution is 0.463. The van der Waals surface area contributed by atoms with Gasteiger partial charge in [-0.15, -0.1) is 0 Å². The van der Waals surface area contributed by atoms with E-state index in [0.717, 1.165) is 18.8 Å². The van der Waals surface area contributed by atoms with Crippen molar-refractivity contribution in [3.8, 4) is 0 Å². The van der Waals surface area contributed by atoms with Gasteiger partial charge < -0.3 is 0 Å². The van der Waals surface area contributed by atoms with Crippen molar-refractivity contribution in [3.63, 3.8) is 0 Å². The SMILES string of the molecule is CC(C)c1c(F)cncc1F.CCC(C)c1ccnc(F)c1F. The van der Waals surface area contributed by atoms with Crippen LogP contribution in [-0.2, 0) is 0 Å². The highest BCUT2D eigenvalue weighted by Crippen LogP contribution is 2.22. The first kappa shape index (κ1) is 19.1. The first-order valence-electron chi connectivity index (χ1n) is 7.38. The second-order valence-corrected chi connectivity index (χ2v) is 5.49. The lowest BCUT2D eigenvalue weighted by Gasteiger charge is -2.08. The number of halogens is 4. The maximum absolute atomic E-state index is 13.0. The summed E-state index contributed by atoms with van der Waals surface area (Å²) in [5.74, 6) is -3.06. The molecule has 2 heterocycles. The van der Waals surface area contributed by atoms with Gasteiger partial charge in [0.05, 0.1) is 12.4 Å². The van der Waals surface area contributed by atoms with Crippen molar-refractivity contribution in [2.75, 3.05) is 0 Å². The number of aromatic nitrogens is 2. The van der Waals surface area contributed by atoms with Crippen LogP contribution in [0.3, 0.4) is 0 Å². The molecule has 0 spiro atoms. The van der Waals surface area contributed by atoms with E-state index in [2.05, 4.69) is 9.97 Å². The normalized spacial score (nSPS) is 11.9. The van der Waals surface area contributed by atoms with Crippen LogP contribution < -0.4 is 0 Å². The van der Waals surface area contributed by atoms with E-state index in [4.69, 9.17) is 0 Å². The molecule has 0 saturated heterocycles. The number of nitrogens with zero attached hydrogens (tertiary/aromatic N) is 2. The molecule has 126 valence electrons. The van der Waals surface area contributed by atoms with Gasteiger partial charge in [-0.25, -0.2) is 18.2 Å². The molecule has 0 bridgehead atoms. The molecule has 2 nitrogen and oxygen atoms in total. The van der Waals surface area contributed by atoms with Crippen LogP contribution in [0.5, 0.6) is 0 Å². The minimum Gasteiger partial charge on any atom is -0.259 e. The first-order chi connectivity index (χ1) is 10.8. The second-order valence-electron chi connectivity index (χ2n) is 5.49. The van der Waals surface area contributed by atoms with E-state index in [1.165, 1.54) is 12.3 Å². The zero-order chi connectivity index (χ0) is 17.6. The van der Waals surface area contributed by atoms with Crippen LogP contribution in [0.2, 0.25) is 0 Å². The molecule has 0 saturated carbocycles. The van der Waals surface area contributed by atoms with Crippen molar-refractivity contribution in [3.05, 3.63) is 59.2 Å². The minimum atomic E-state index is -1.01. The summed E-state index contributed by atoms with van der Waals surface area (Å²) in [7, 11) is 0. The van der Waals surface area contributed by atoms with Gasteiger partial charge in [-0.2, -0.15) is 4.39 Å². The van der Waals surface area contributed by atoms with Crippen LogP contribution in [0.25, 0.3) is 0 Å². The zero-order valence-electron chi connectivity index (χ0n) is 13.6. The van der Waals surface area contributed by atoms with Crippen molar-refractivity contribution in [1.29, 1.82) is 0 Å². The van der Waals surface area contributed by atoms with Crippen molar-refractivity contribution in [1.82, 2.24) is 9.97 Å². The van der Waals surface area contributed by atoms with E-state index in [9.17, 15) is 17.6 Å². The number of hydrogen-bond donors (Lipinski definition) is 0. The fourth-order valence-corrected chi connectivity index (χ4v) is 2.01. The first-order valence-corrected chi connectivity index (χ1v) is 7.38. The molecule has 0 radical (unpaired) electrons. The van der Waals surface area contributed by atoms with Gasteiger partial charge in [0.1, 0.15) is 11.6 Å². The van der Waals surface area contributed by atoms with Crippen molar-refractivity contribution >= 4 is 0 Å². The predicted octanol–water partition coefficient (Wildman–Crippen LogP) is 5.36. The lowest BCUT2D eigenvalue weighted by Crippen LogP contribution is -2.00. The molecule has 2 aromatic heterocycles. The van der Waals surface area contributed by atoms with Gasteiger partial charge in [-0.3, -0.25) is 4.98 Å². The molecule has 1 atom stereocenters. The molecule has 0 aliphatic carbocycles. The van der Waals surface area contributed by atoms with Gasteiger partial charge in [0.25, 0.3) is 0 Å². The summed E-state index contributed by atoms with van der Waals surface area (Å²) in [5.41, 5.74) is 0.519. The highest BCUT2D eigenvalue weighted by Gasteiger charge is 2.13. The van der Waals surface area contributed by atoms with E-state index >= 15 is 0 Å². The largest absolute Gasteiger partial charge is 0.259 e. The summed E-state index contributed by atoms with van der Waals surface area (Å²) in [6.45, 7) is 7.27. The Morgan fingerprint density at radius 2 is 1.57 bits per heavy atom. The van der Waals surface area contributed by atoms with Crippen LogP contribution in [0.15, 0.2) is 24.7 Å². The maximum atomic E-state index is 13.0. The van der Waals surface area contributed by atoms with E-state index in [1.807, 2.05) is 13.8 Å². The van der Waals surface area contributed by atoms with Gasteiger partial charge in [0, 0.05) is 11.8 Å². The Morgan fingerprint density at radius 3 is 2.00 bits per heavy atom. The average Bonchev–Trinajstić information content (AvgIpc) is 2.49. The van der Waals surface area contributed by atoms with E-state index in [1.54, 1.807) is 13.8 Å². The van der Waals surface area contributed by atoms with Gasteiger partial charge in [-0.1, -0.05) is 27.7 Å². The van der Waals surface area contributed by atoms with E-state index in [-0.39, 0.29) is 17.4 Å². The third-order valence-corrected chi connectivity index (χ3v) is 3.49. The molecular formula is C17H20F4N2. The van der Waals surface area contributed by atoms with Crippen LogP contribution >= 0.6 is 0 Å². The van der Waals surface area contributed by atoms with Crippen molar-refractivity contribution in [2.45, 2.75) is 46.0 Å². The van der Waals surface area contributed by atoms with Crippen LogP contribution in [-0.4, -0.2) is 9.97 Å². The molecule has 0 aromatic carbocycles. The summed E-state index contributed by atoms with van der Waals surface area (Å²) in [6.07, 6.45) is 4.14. The summed E-state index contributed by atoms with van der Waals surface area (Å²) < 4.78 is 51.2. The predicted molar refractivity (Wildman–Crippen MR) is 81.1 cm³/mol. The third kappa shape index (κ3) is 5.01. The van der Waals surface area contributed by atoms with Gasteiger partial charge >= 0.3 is 0 Å². The molecule has 0 amide bonds. The Balaban J connectivity index is 0.000000231. The smallest absolute Gasteiger partial charge is 0.249 e. The molecule has 0 aliphatic heterocycles. The Hall–Kier alpha value is -1.98. The van der Waals surface area contributed by atoms with Crippen LogP contribution in [0, 0.1) is 23.4 Å². The number of pyridine rings is 2. The molecule has 1 unspecified atom stereocenters. The monoisotopic (exact) mass is 328 g/mol. The Labute approximate surface area is 133 Å². The highest BCUT2D eigenvalue weighted by molar-refractivity contribution is 5.19. The molecule has 0 aliphatic rings. The summed E-state index contributed by atoms with van der Waals surface area (Å²) in [4.78, 5) is 6.59. The summed E-state index contributed by atoms with van der Waals surface area (Å²) in [5, 5.41) is 0.